The molecule has 12 heteroatoms. The third-order valence-corrected chi connectivity index (χ3v) is 4.84. The summed E-state index contributed by atoms with van der Waals surface area (Å²) in [4.78, 5) is 29.0. The Bertz CT molecular complexity index is 1380. The molecule has 4 aromatic rings. The van der Waals surface area contributed by atoms with Gasteiger partial charge in [-0.05, 0) is 44.0 Å². The van der Waals surface area contributed by atoms with E-state index in [1.54, 1.807) is 38.5 Å². The highest BCUT2D eigenvalue weighted by Crippen LogP contribution is 2.21. The van der Waals surface area contributed by atoms with Crippen LogP contribution in [0.4, 0.5) is 0 Å². The van der Waals surface area contributed by atoms with Crippen molar-refractivity contribution in [1.82, 2.24) is 34.9 Å². The first-order chi connectivity index (χ1) is 15.8. The average molecular weight is 446 g/mol. The van der Waals surface area contributed by atoms with Crippen LogP contribution in [0.2, 0.25) is 0 Å². The Kier molecular flexibility index (Phi) is 5.81. The Morgan fingerprint density at radius 2 is 2.03 bits per heavy atom. The van der Waals surface area contributed by atoms with E-state index in [1.165, 1.54) is 4.68 Å². The zero-order chi connectivity index (χ0) is 23.5. The first-order valence-corrected chi connectivity index (χ1v) is 10.0. The molecule has 4 rings (SSSR count). The number of aliphatic hydroxyl groups excluding tert-OH is 1. The maximum absolute atomic E-state index is 11.9. The fourth-order valence-corrected chi connectivity index (χ4v) is 3.20. The summed E-state index contributed by atoms with van der Waals surface area (Å²) in [6, 6.07) is 5.49. The van der Waals surface area contributed by atoms with E-state index < -0.39 is 5.91 Å². The number of fused-ring (bicyclic) bond motifs is 1. The molecule has 0 aliphatic carbocycles. The molecule has 0 atom stereocenters. The van der Waals surface area contributed by atoms with Crippen molar-refractivity contribution in [1.29, 1.82) is 0 Å². The number of aromatic amines is 1. The quantitative estimate of drug-likeness (QED) is 0.240. The molecule has 6 N–H and O–H groups in total. The maximum Gasteiger partial charge on any atom is 0.270 e. The van der Waals surface area contributed by atoms with Gasteiger partial charge in [0.2, 0.25) is 0 Å². The van der Waals surface area contributed by atoms with Gasteiger partial charge in [0.25, 0.3) is 11.9 Å². The van der Waals surface area contributed by atoms with Gasteiger partial charge in [0, 0.05) is 35.7 Å². The number of hydrogen-bond donors (Lipinski definition) is 4. The van der Waals surface area contributed by atoms with Gasteiger partial charge < -0.3 is 16.6 Å². The predicted octanol–water partition coefficient (Wildman–Crippen LogP) is 1.12. The number of aliphatic imine (C=N–C) groups is 1. The van der Waals surface area contributed by atoms with E-state index >= 15 is 0 Å². The minimum atomic E-state index is -0.683. The number of nitrogens with one attached hydrogen (secondary N) is 1. The van der Waals surface area contributed by atoms with E-state index in [0.717, 1.165) is 5.56 Å². The van der Waals surface area contributed by atoms with Crippen molar-refractivity contribution >= 4 is 22.5 Å². The van der Waals surface area contributed by atoms with Gasteiger partial charge in [0.05, 0.1) is 11.7 Å². The molecule has 12 nitrogen and oxygen atoms in total. The van der Waals surface area contributed by atoms with Crippen LogP contribution >= 0.6 is 0 Å². The van der Waals surface area contributed by atoms with Gasteiger partial charge in [-0.25, -0.2) is 0 Å². The highest BCUT2D eigenvalue weighted by Gasteiger charge is 2.21. The number of aromatic nitrogens is 7. The zero-order valence-electron chi connectivity index (χ0n) is 18.0. The van der Waals surface area contributed by atoms with Crippen LogP contribution in [0.25, 0.3) is 16.9 Å². The van der Waals surface area contributed by atoms with Gasteiger partial charge >= 0.3 is 0 Å². The zero-order valence-corrected chi connectivity index (χ0v) is 18.0. The Morgan fingerprint density at radius 3 is 2.73 bits per heavy atom. The second-order valence-electron chi connectivity index (χ2n) is 7.32. The molecule has 4 heterocycles. The van der Waals surface area contributed by atoms with Gasteiger partial charge in [-0.1, -0.05) is 0 Å². The Labute approximate surface area is 188 Å². The van der Waals surface area contributed by atoms with Crippen LogP contribution in [-0.2, 0) is 6.42 Å². The van der Waals surface area contributed by atoms with E-state index in [1.807, 2.05) is 12.1 Å². The highest BCUT2D eigenvalue weighted by atomic mass is 16.3. The molecular weight excluding hydrogens is 424 g/mol. The van der Waals surface area contributed by atoms with E-state index in [-0.39, 0.29) is 34.6 Å². The van der Waals surface area contributed by atoms with Gasteiger partial charge in [-0.2, -0.15) is 14.8 Å². The highest BCUT2D eigenvalue weighted by molar-refractivity contribution is 6.09. The Hall–Kier alpha value is -4.61. The summed E-state index contributed by atoms with van der Waals surface area (Å²) in [6.45, 7) is 3.72. The van der Waals surface area contributed by atoms with E-state index in [9.17, 15) is 9.90 Å². The fraction of sp³-hybridized carbons (Fsp3) is 0.190. The van der Waals surface area contributed by atoms with Gasteiger partial charge in [0.15, 0.2) is 17.3 Å². The molecule has 0 fully saturated rings. The number of rotatable bonds is 7. The molecule has 0 radical (unpaired) electrons. The van der Waals surface area contributed by atoms with Crippen LogP contribution in [0.1, 0.15) is 34.5 Å². The number of hydrogen-bond acceptors (Lipinski definition) is 9. The third-order valence-electron chi connectivity index (χ3n) is 4.84. The molecule has 168 valence electrons. The minimum absolute atomic E-state index is 0.0774. The molecule has 0 aliphatic rings. The summed E-state index contributed by atoms with van der Waals surface area (Å²) in [5, 5.41) is 22.3. The van der Waals surface area contributed by atoms with Crippen molar-refractivity contribution in [2.24, 2.45) is 16.5 Å². The van der Waals surface area contributed by atoms with E-state index in [4.69, 9.17) is 11.5 Å². The number of pyridine rings is 2. The molecular formula is C21H22N10O2. The number of primary amides is 1. The Balaban J connectivity index is 1.72. The topological polar surface area (TPSA) is 187 Å². The van der Waals surface area contributed by atoms with Crippen LogP contribution < -0.4 is 11.5 Å². The lowest BCUT2D eigenvalue weighted by molar-refractivity contribution is 0.0996. The van der Waals surface area contributed by atoms with Gasteiger partial charge in [0.1, 0.15) is 5.71 Å². The van der Waals surface area contributed by atoms with Gasteiger partial charge in [-0.3, -0.25) is 24.9 Å². The lowest BCUT2D eigenvalue weighted by atomic mass is 10.2. The smallest absolute Gasteiger partial charge is 0.270 e. The minimum Gasteiger partial charge on any atom is -0.504 e. The first-order valence-electron chi connectivity index (χ1n) is 10.0. The average Bonchev–Trinajstić information content (AvgIpc) is 3.41. The SMILES string of the molecule is C/C(N)=C(\O)C(=NCCc1ccncc1)c1nc(-n2nc(C(N)=O)c3cc(C)ncc32)n[nH]1. The molecule has 0 saturated carbocycles. The maximum atomic E-state index is 11.9. The molecule has 33 heavy (non-hydrogen) atoms. The largest absolute Gasteiger partial charge is 0.504 e. The van der Waals surface area contributed by atoms with Crippen LogP contribution in [0.15, 0.2) is 53.2 Å². The molecule has 4 aromatic heterocycles. The van der Waals surface area contributed by atoms with Crippen LogP contribution in [0.5, 0.6) is 0 Å². The molecule has 0 aliphatic heterocycles. The lowest BCUT2D eigenvalue weighted by Crippen LogP contribution is -2.14. The first kappa shape index (κ1) is 21.6. The van der Waals surface area contributed by atoms with Crippen molar-refractivity contribution in [2.45, 2.75) is 20.3 Å². The number of aliphatic hydroxyl groups is 1. The molecule has 1 amide bonds. The number of carbonyl (C=O) groups is 1. The predicted molar refractivity (Wildman–Crippen MR) is 121 cm³/mol. The number of allylic oxidation sites excluding steroid dienone is 2. The monoisotopic (exact) mass is 446 g/mol. The molecule has 0 bridgehead atoms. The summed E-state index contributed by atoms with van der Waals surface area (Å²) in [5.41, 5.74) is 14.0. The van der Waals surface area contributed by atoms with Crippen LogP contribution in [0.3, 0.4) is 0 Å². The van der Waals surface area contributed by atoms with Gasteiger partial charge in [-0.15, -0.1) is 5.10 Å². The summed E-state index contributed by atoms with van der Waals surface area (Å²) in [6.07, 6.45) is 5.59. The summed E-state index contributed by atoms with van der Waals surface area (Å²) < 4.78 is 1.35. The van der Waals surface area contributed by atoms with Crippen molar-refractivity contribution in [3.63, 3.8) is 0 Å². The number of H-pyrrole nitrogens is 1. The van der Waals surface area contributed by atoms with Crippen LogP contribution in [-0.4, -0.2) is 58.2 Å². The third kappa shape index (κ3) is 4.39. The van der Waals surface area contributed by atoms with Crippen molar-refractivity contribution < 1.29 is 9.90 Å². The molecule has 0 unspecified atom stereocenters. The second-order valence-corrected chi connectivity index (χ2v) is 7.32. The molecule has 0 aromatic carbocycles. The number of nitrogens with two attached hydrogens (primary N) is 2. The van der Waals surface area contributed by atoms with Crippen LogP contribution in [0, 0.1) is 6.92 Å². The van der Waals surface area contributed by atoms with Crippen molar-refractivity contribution in [2.75, 3.05) is 6.54 Å². The molecule has 0 saturated heterocycles. The summed E-state index contributed by atoms with van der Waals surface area (Å²) in [5.74, 6) is -0.588. The number of amides is 1. The standard InChI is InChI=1S/C21H22N10O2/c1-11-9-14-15(10-26-11)31(30-16(14)19(23)33)21-27-20(28-29-21)17(18(32)12(2)22)25-8-5-13-3-6-24-7-4-13/h3-4,6-7,9-10,32H,5,8,22H2,1-2H3,(H2,23,33)(H,27,28,29)/b18-12+,25-17?. The normalized spacial score (nSPS) is 12.7. The number of carbonyl (C=O) groups excluding carboxylic acids is 1. The number of aryl methyl sites for hydroxylation is 1. The van der Waals surface area contributed by atoms with Crippen molar-refractivity contribution in [3.05, 3.63) is 71.0 Å². The van der Waals surface area contributed by atoms with Crippen molar-refractivity contribution in [3.8, 4) is 5.95 Å². The molecule has 0 spiro atoms. The van der Waals surface area contributed by atoms with E-state index in [2.05, 4.69) is 35.2 Å². The Morgan fingerprint density at radius 1 is 1.27 bits per heavy atom. The second kappa shape index (κ2) is 8.86. The summed E-state index contributed by atoms with van der Waals surface area (Å²) >= 11 is 0. The van der Waals surface area contributed by atoms with E-state index in [0.29, 0.717) is 29.6 Å². The fourth-order valence-electron chi connectivity index (χ4n) is 3.20. The summed E-state index contributed by atoms with van der Waals surface area (Å²) in [7, 11) is 0. The lowest BCUT2D eigenvalue weighted by Gasteiger charge is -2.05. The number of nitrogens with zero attached hydrogens (tertiary/aromatic N) is 7.